The molecule has 21 heavy (non-hydrogen) atoms. The number of allylic oxidation sites excluding steroid dienone is 3. The number of aliphatic hydroxyl groups is 1. The second-order valence-electron chi connectivity index (χ2n) is 3.70. The van der Waals surface area contributed by atoms with Crippen LogP contribution >= 0.6 is 0 Å². The van der Waals surface area contributed by atoms with E-state index in [2.05, 4.69) is 0 Å². The van der Waals surface area contributed by atoms with Crippen LogP contribution in [0.5, 0.6) is 0 Å². The van der Waals surface area contributed by atoms with Crippen LogP contribution < -0.4 is 0 Å². The van der Waals surface area contributed by atoms with Gasteiger partial charge in [0.25, 0.3) is 0 Å². The zero-order valence-electron chi connectivity index (χ0n) is 11.1. The monoisotopic (exact) mass is 304 g/mol. The molecule has 5 N–H and O–H groups in total. The van der Waals surface area contributed by atoms with E-state index in [4.69, 9.17) is 25.5 Å². The fraction of sp³-hybridized carbons (Fsp3) is 0.333. The Balaban J connectivity index is 0. The Morgan fingerprint density at radius 1 is 0.905 bits per heavy atom. The summed E-state index contributed by atoms with van der Waals surface area (Å²) in [6.07, 6.45) is 3.69. The number of carboxylic acid groups (broad SMARTS) is 4. The van der Waals surface area contributed by atoms with Crippen molar-refractivity contribution in [1.82, 2.24) is 0 Å². The van der Waals surface area contributed by atoms with Gasteiger partial charge >= 0.3 is 23.9 Å². The van der Waals surface area contributed by atoms with Gasteiger partial charge in [-0.1, -0.05) is 18.2 Å². The molecule has 0 heterocycles. The summed E-state index contributed by atoms with van der Waals surface area (Å²) in [5, 5.41) is 41.8. The minimum atomic E-state index is -2.74. The molecule has 0 rings (SSSR count). The Bertz CT molecular complexity index is 432. The van der Waals surface area contributed by atoms with Crippen LogP contribution in [0, 0.1) is 0 Å². The van der Waals surface area contributed by atoms with Crippen LogP contribution in [0.4, 0.5) is 0 Å². The van der Waals surface area contributed by atoms with Gasteiger partial charge < -0.3 is 25.5 Å². The molecule has 0 aliphatic carbocycles. The van der Waals surface area contributed by atoms with Crippen molar-refractivity contribution in [3.63, 3.8) is 0 Å². The Kier molecular flexibility index (Phi) is 9.97. The lowest BCUT2D eigenvalue weighted by atomic mass is 9.96. The standard InChI is InChI=1S/C6H8O7.C6H8O2/c7-3(8)1-6(13,5(11)12)2-4(9)10;1-2-3-4-5-6(7)8/h13H,1-2H2,(H,7,8)(H,9,10)(H,11,12);2-5H,1H3,(H,7,8). The van der Waals surface area contributed by atoms with Gasteiger partial charge in [0.2, 0.25) is 0 Å². The highest BCUT2D eigenvalue weighted by Gasteiger charge is 2.40. The number of aliphatic carboxylic acids is 4. The average molecular weight is 304 g/mol. The van der Waals surface area contributed by atoms with Crippen molar-refractivity contribution in [2.75, 3.05) is 0 Å². The van der Waals surface area contributed by atoms with Crippen molar-refractivity contribution in [2.24, 2.45) is 0 Å². The quantitative estimate of drug-likeness (QED) is 0.319. The minimum absolute atomic E-state index is 0.914. The molecule has 0 spiro atoms. The third-order valence-electron chi connectivity index (χ3n) is 1.83. The topological polar surface area (TPSA) is 169 Å². The van der Waals surface area contributed by atoms with E-state index in [1.54, 1.807) is 12.2 Å². The molecule has 0 aromatic rings. The lowest BCUT2D eigenvalue weighted by Crippen LogP contribution is -2.42. The molecule has 9 nitrogen and oxygen atoms in total. The molecule has 0 saturated carbocycles. The number of hydrogen-bond donors (Lipinski definition) is 5. The van der Waals surface area contributed by atoms with Crippen LogP contribution in [0.3, 0.4) is 0 Å². The van der Waals surface area contributed by atoms with Crippen molar-refractivity contribution in [3.8, 4) is 0 Å². The van der Waals surface area contributed by atoms with Gasteiger partial charge in [0.15, 0.2) is 5.60 Å². The van der Waals surface area contributed by atoms with Crippen molar-refractivity contribution >= 4 is 23.9 Å². The summed E-state index contributed by atoms with van der Waals surface area (Å²) in [7, 11) is 0. The second-order valence-corrected chi connectivity index (χ2v) is 3.70. The molecule has 0 aromatic carbocycles. The van der Waals surface area contributed by atoms with Crippen LogP contribution in [-0.4, -0.2) is 55.0 Å². The van der Waals surface area contributed by atoms with Gasteiger partial charge in [-0.2, -0.15) is 0 Å². The summed E-state index contributed by atoms with van der Waals surface area (Å²) in [6.45, 7) is 1.83. The average Bonchev–Trinajstić information content (AvgIpc) is 2.27. The highest BCUT2D eigenvalue weighted by atomic mass is 16.4. The largest absolute Gasteiger partial charge is 0.481 e. The van der Waals surface area contributed by atoms with Crippen LogP contribution in [0.15, 0.2) is 24.3 Å². The maximum absolute atomic E-state index is 10.3. The summed E-state index contributed by atoms with van der Waals surface area (Å²) in [6, 6.07) is 0. The Hall–Kier alpha value is -2.68. The number of carboxylic acids is 4. The molecule has 0 bridgehead atoms. The zero-order valence-corrected chi connectivity index (χ0v) is 11.1. The third-order valence-corrected chi connectivity index (χ3v) is 1.83. The third kappa shape index (κ3) is 12.1. The summed E-state index contributed by atoms with van der Waals surface area (Å²) < 4.78 is 0. The molecule has 0 amide bonds. The predicted octanol–water partition coefficient (Wildman–Crippen LogP) is -0.0452. The van der Waals surface area contributed by atoms with E-state index in [0.29, 0.717) is 0 Å². The molecule has 9 heteroatoms. The highest BCUT2D eigenvalue weighted by molar-refractivity contribution is 5.88. The van der Waals surface area contributed by atoms with Crippen molar-refractivity contribution in [1.29, 1.82) is 0 Å². The molecular formula is C12H16O9. The highest BCUT2D eigenvalue weighted by Crippen LogP contribution is 2.15. The number of hydrogen-bond acceptors (Lipinski definition) is 5. The van der Waals surface area contributed by atoms with E-state index in [1.165, 1.54) is 6.08 Å². The predicted molar refractivity (Wildman–Crippen MR) is 68.7 cm³/mol. The van der Waals surface area contributed by atoms with Gasteiger partial charge in [0, 0.05) is 6.08 Å². The molecule has 0 aromatic heterocycles. The summed E-state index contributed by atoms with van der Waals surface area (Å²) >= 11 is 0. The van der Waals surface area contributed by atoms with E-state index >= 15 is 0 Å². The van der Waals surface area contributed by atoms with E-state index in [0.717, 1.165) is 6.08 Å². The Morgan fingerprint density at radius 3 is 1.57 bits per heavy atom. The first-order valence-electron chi connectivity index (χ1n) is 5.46. The smallest absolute Gasteiger partial charge is 0.336 e. The van der Waals surface area contributed by atoms with Crippen LogP contribution in [0.1, 0.15) is 19.8 Å². The number of rotatable bonds is 7. The molecule has 0 radical (unpaired) electrons. The van der Waals surface area contributed by atoms with E-state index in [9.17, 15) is 19.2 Å². The summed E-state index contributed by atoms with van der Waals surface area (Å²) in [5.74, 6) is -5.93. The van der Waals surface area contributed by atoms with E-state index in [1.807, 2.05) is 6.92 Å². The van der Waals surface area contributed by atoms with Crippen LogP contribution in [-0.2, 0) is 19.2 Å². The second kappa shape index (κ2) is 10.1. The van der Waals surface area contributed by atoms with Crippen molar-refractivity contribution in [2.45, 2.75) is 25.4 Å². The van der Waals surface area contributed by atoms with Gasteiger partial charge in [-0.3, -0.25) is 9.59 Å². The zero-order chi connectivity index (χ0) is 17.1. The van der Waals surface area contributed by atoms with Crippen LogP contribution in [0.2, 0.25) is 0 Å². The lowest BCUT2D eigenvalue weighted by Gasteiger charge is -2.18. The Labute approximate surface area is 119 Å². The van der Waals surface area contributed by atoms with E-state index < -0.39 is 42.3 Å². The van der Waals surface area contributed by atoms with Gasteiger partial charge in [-0.25, -0.2) is 9.59 Å². The minimum Gasteiger partial charge on any atom is -0.481 e. The van der Waals surface area contributed by atoms with E-state index in [-0.39, 0.29) is 0 Å². The van der Waals surface area contributed by atoms with Gasteiger partial charge in [0.1, 0.15) is 0 Å². The molecule has 0 unspecified atom stereocenters. The molecule has 0 aliphatic rings. The van der Waals surface area contributed by atoms with Crippen molar-refractivity contribution in [3.05, 3.63) is 24.3 Å². The first-order chi connectivity index (χ1) is 9.55. The molecule has 118 valence electrons. The molecule has 0 saturated heterocycles. The lowest BCUT2D eigenvalue weighted by molar-refractivity contribution is -0.170. The van der Waals surface area contributed by atoms with Gasteiger partial charge in [-0.15, -0.1) is 0 Å². The molecule has 0 fully saturated rings. The maximum Gasteiger partial charge on any atom is 0.336 e. The summed E-state index contributed by atoms with van der Waals surface area (Å²) in [5.41, 5.74) is -2.74. The molecular weight excluding hydrogens is 288 g/mol. The number of carbonyl (C=O) groups is 4. The fourth-order valence-corrected chi connectivity index (χ4v) is 0.963. The first-order valence-corrected chi connectivity index (χ1v) is 5.46. The SMILES string of the molecule is CC=CC=CC(=O)O.O=C(O)CC(O)(CC(=O)O)C(=O)O. The fourth-order valence-electron chi connectivity index (χ4n) is 0.963. The molecule has 0 aliphatic heterocycles. The van der Waals surface area contributed by atoms with Gasteiger partial charge in [0.05, 0.1) is 12.8 Å². The molecule has 0 atom stereocenters. The normalized spacial score (nSPS) is 11.0. The van der Waals surface area contributed by atoms with Crippen LogP contribution in [0.25, 0.3) is 0 Å². The van der Waals surface area contributed by atoms with Gasteiger partial charge in [-0.05, 0) is 6.92 Å². The Morgan fingerprint density at radius 2 is 1.33 bits per heavy atom. The maximum atomic E-state index is 10.3. The van der Waals surface area contributed by atoms with Crippen molar-refractivity contribution < 1.29 is 44.7 Å². The first kappa shape index (κ1) is 20.6. The summed E-state index contributed by atoms with van der Waals surface area (Å²) in [4.78, 5) is 40.2.